The van der Waals surface area contributed by atoms with Crippen LogP contribution in [0.25, 0.3) is 10.2 Å². The molecular formula is C17H16N4O2S. The van der Waals surface area contributed by atoms with E-state index in [1.807, 2.05) is 5.48 Å². The molecular weight excluding hydrogens is 324 g/mol. The highest BCUT2D eigenvalue weighted by Crippen LogP contribution is 2.36. The fourth-order valence-corrected chi connectivity index (χ4v) is 3.97. The van der Waals surface area contributed by atoms with E-state index in [0.717, 1.165) is 35.2 Å². The number of pyridine rings is 1. The number of nitrogens with one attached hydrogen (secondary N) is 2. The Morgan fingerprint density at radius 1 is 1.21 bits per heavy atom. The van der Waals surface area contributed by atoms with Gasteiger partial charge in [-0.15, -0.1) is 11.3 Å². The monoisotopic (exact) mass is 340 g/mol. The average Bonchev–Trinajstić information content (AvgIpc) is 3.18. The number of amides is 1. The predicted octanol–water partition coefficient (Wildman–Crippen LogP) is 3.42. The maximum Gasteiger partial charge on any atom is 0.267 e. The molecule has 0 saturated carbocycles. The standard InChI is InChI=1S/C17H16N4O2S/c18-14-12-8-9-2-1-3-13(9)20-17(12)24-15(14)16(22)19-10-4-6-11(21-23)7-5-10/h4-8,21,23H,1-3,18H2,(H,19,22). The van der Waals surface area contributed by atoms with Gasteiger partial charge in [-0.1, -0.05) is 0 Å². The second-order valence-corrected chi connectivity index (χ2v) is 6.79. The quantitative estimate of drug-likeness (QED) is 0.547. The van der Waals surface area contributed by atoms with E-state index in [-0.39, 0.29) is 5.91 Å². The maximum absolute atomic E-state index is 12.5. The summed E-state index contributed by atoms with van der Waals surface area (Å²) in [6, 6.07) is 8.81. The Kier molecular flexibility index (Phi) is 3.59. The van der Waals surface area contributed by atoms with Gasteiger partial charge in [0, 0.05) is 16.8 Å². The van der Waals surface area contributed by atoms with Gasteiger partial charge in [-0.25, -0.2) is 4.98 Å². The largest absolute Gasteiger partial charge is 0.397 e. The predicted molar refractivity (Wildman–Crippen MR) is 95.9 cm³/mol. The Hall–Kier alpha value is -2.64. The average molecular weight is 340 g/mol. The van der Waals surface area contributed by atoms with E-state index in [9.17, 15) is 4.79 Å². The lowest BCUT2D eigenvalue weighted by molar-refractivity contribution is 0.103. The summed E-state index contributed by atoms with van der Waals surface area (Å²) in [5.41, 5.74) is 12.3. The Labute approximate surface area is 142 Å². The lowest BCUT2D eigenvalue weighted by Gasteiger charge is -2.05. The third kappa shape index (κ3) is 2.47. The molecule has 2 heterocycles. The van der Waals surface area contributed by atoms with Crippen LogP contribution in [0, 0.1) is 0 Å². The van der Waals surface area contributed by atoms with Gasteiger partial charge in [0.1, 0.15) is 9.71 Å². The Morgan fingerprint density at radius 2 is 1.96 bits per heavy atom. The second-order valence-electron chi connectivity index (χ2n) is 5.79. The Bertz CT molecular complexity index is 934. The number of benzene rings is 1. The smallest absolute Gasteiger partial charge is 0.267 e. The van der Waals surface area contributed by atoms with Gasteiger partial charge in [-0.2, -0.15) is 0 Å². The highest BCUT2D eigenvalue weighted by molar-refractivity contribution is 7.21. The molecule has 0 radical (unpaired) electrons. The number of fused-ring (bicyclic) bond motifs is 2. The molecule has 0 saturated heterocycles. The number of nitrogens with two attached hydrogens (primary N) is 1. The molecule has 3 aromatic rings. The summed E-state index contributed by atoms with van der Waals surface area (Å²) in [6.07, 6.45) is 3.15. The topological polar surface area (TPSA) is 100 Å². The number of nitrogen functional groups attached to an aromatic ring is 1. The van der Waals surface area contributed by atoms with Crippen LogP contribution in [-0.4, -0.2) is 16.1 Å². The SMILES string of the molecule is Nc1c(C(=O)Nc2ccc(NO)cc2)sc2nc3c(cc12)CCC3. The van der Waals surface area contributed by atoms with Crippen LogP contribution < -0.4 is 16.5 Å². The highest BCUT2D eigenvalue weighted by Gasteiger charge is 2.21. The fourth-order valence-electron chi connectivity index (χ4n) is 2.98. The molecule has 0 bridgehead atoms. The zero-order chi connectivity index (χ0) is 16.7. The van der Waals surface area contributed by atoms with Crippen molar-refractivity contribution in [2.45, 2.75) is 19.3 Å². The van der Waals surface area contributed by atoms with Crippen LogP contribution in [0.5, 0.6) is 0 Å². The van der Waals surface area contributed by atoms with Crippen molar-refractivity contribution in [1.29, 1.82) is 0 Å². The molecule has 1 amide bonds. The molecule has 1 aromatic carbocycles. The lowest BCUT2D eigenvalue weighted by atomic mass is 10.1. The van der Waals surface area contributed by atoms with Crippen molar-refractivity contribution in [3.8, 4) is 0 Å². The van der Waals surface area contributed by atoms with Gasteiger partial charge in [0.2, 0.25) is 0 Å². The first kappa shape index (κ1) is 14.9. The summed E-state index contributed by atoms with van der Waals surface area (Å²) in [7, 11) is 0. The van der Waals surface area contributed by atoms with Crippen molar-refractivity contribution in [1.82, 2.24) is 4.98 Å². The molecule has 7 heteroatoms. The van der Waals surface area contributed by atoms with E-state index < -0.39 is 0 Å². The number of nitrogens with zero attached hydrogens (tertiary/aromatic N) is 1. The van der Waals surface area contributed by atoms with E-state index in [2.05, 4.69) is 16.4 Å². The van der Waals surface area contributed by atoms with Gasteiger partial charge >= 0.3 is 0 Å². The summed E-state index contributed by atoms with van der Waals surface area (Å²) in [5, 5.41) is 12.5. The summed E-state index contributed by atoms with van der Waals surface area (Å²) < 4.78 is 0. The number of rotatable bonds is 3. The number of hydrogen-bond donors (Lipinski definition) is 4. The summed E-state index contributed by atoms with van der Waals surface area (Å²) in [6.45, 7) is 0. The number of aromatic nitrogens is 1. The van der Waals surface area contributed by atoms with Crippen molar-refractivity contribution in [2.24, 2.45) is 0 Å². The fraction of sp³-hybridized carbons (Fsp3) is 0.176. The molecule has 122 valence electrons. The van der Waals surface area contributed by atoms with Gasteiger partial charge in [0.05, 0.1) is 11.4 Å². The maximum atomic E-state index is 12.5. The van der Waals surface area contributed by atoms with Crippen molar-refractivity contribution in [3.05, 3.63) is 46.5 Å². The van der Waals surface area contributed by atoms with Gasteiger partial charge in [0.15, 0.2) is 0 Å². The summed E-state index contributed by atoms with van der Waals surface area (Å²) in [4.78, 5) is 18.5. The van der Waals surface area contributed by atoms with Crippen LogP contribution in [-0.2, 0) is 12.8 Å². The van der Waals surface area contributed by atoms with Gasteiger partial charge in [-0.05, 0) is 55.2 Å². The summed E-state index contributed by atoms with van der Waals surface area (Å²) >= 11 is 1.32. The molecule has 0 atom stereocenters. The van der Waals surface area contributed by atoms with Gasteiger partial charge in [0.25, 0.3) is 5.91 Å². The Balaban J connectivity index is 1.65. The molecule has 6 nitrogen and oxygen atoms in total. The minimum atomic E-state index is -0.250. The van der Waals surface area contributed by atoms with Crippen LogP contribution in [0.1, 0.15) is 27.3 Å². The van der Waals surface area contributed by atoms with E-state index in [0.29, 0.717) is 21.9 Å². The number of anilines is 3. The van der Waals surface area contributed by atoms with Crippen molar-refractivity contribution < 1.29 is 10.0 Å². The van der Waals surface area contributed by atoms with Gasteiger partial charge < -0.3 is 11.1 Å². The van der Waals surface area contributed by atoms with Crippen molar-refractivity contribution >= 4 is 44.5 Å². The lowest BCUT2D eigenvalue weighted by Crippen LogP contribution is -2.11. The number of aryl methyl sites for hydroxylation is 2. The molecule has 1 aliphatic carbocycles. The first-order valence-corrected chi connectivity index (χ1v) is 8.49. The van der Waals surface area contributed by atoms with E-state index >= 15 is 0 Å². The van der Waals surface area contributed by atoms with Crippen LogP contribution in [0.15, 0.2) is 30.3 Å². The van der Waals surface area contributed by atoms with E-state index in [1.165, 1.54) is 16.9 Å². The van der Waals surface area contributed by atoms with Gasteiger partial charge in [-0.3, -0.25) is 15.5 Å². The normalized spacial score (nSPS) is 13.0. The highest BCUT2D eigenvalue weighted by atomic mass is 32.1. The number of hydrogen-bond acceptors (Lipinski definition) is 6. The first-order valence-electron chi connectivity index (χ1n) is 7.68. The molecule has 0 spiro atoms. The van der Waals surface area contributed by atoms with Crippen LogP contribution in [0.3, 0.4) is 0 Å². The zero-order valence-electron chi connectivity index (χ0n) is 12.8. The third-order valence-electron chi connectivity index (χ3n) is 4.23. The third-order valence-corrected chi connectivity index (χ3v) is 5.34. The van der Waals surface area contributed by atoms with Crippen LogP contribution >= 0.6 is 11.3 Å². The molecule has 5 N–H and O–H groups in total. The number of carbonyl (C=O) groups excluding carboxylic acids is 1. The first-order chi connectivity index (χ1) is 11.7. The zero-order valence-corrected chi connectivity index (χ0v) is 13.6. The number of carbonyl (C=O) groups is 1. The van der Waals surface area contributed by atoms with E-state index in [1.54, 1.807) is 24.3 Å². The summed E-state index contributed by atoms with van der Waals surface area (Å²) in [5.74, 6) is -0.250. The molecule has 0 unspecified atom stereocenters. The number of thiophene rings is 1. The minimum absolute atomic E-state index is 0.250. The Morgan fingerprint density at radius 3 is 2.71 bits per heavy atom. The second kappa shape index (κ2) is 5.77. The minimum Gasteiger partial charge on any atom is -0.397 e. The van der Waals surface area contributed by atoms with Crippen molar-refractivity contribution in [3.63, 3.8) is 0 Å². The molecule has 1 aliphatic rings. The molecule has 0 aliphatic heterocycles. The van der Waals surface area contributed by atoms with Crippen LogP contribution in [0.2, 0.25) is 0 Å². The van der Waals surface area contributed by atoms with Crippen LogP contribution in [0.4, 0.5) is 17.1 Å². The van der Waals surface area contributed by atoms with E-state index in [4.69, 9.17) is 10.9 Å². The molecule has 2 aromatic heterocycles. The molecule has 0 fully saturated rings. The molecule has 4 rings (SSSR count). The molecule has 24 heavy (non-hydrogen) atoms. The van der Waals surface area contributed by atoms with Crippen molar-refractivity contribution in [2.75, 3.05) is 16.5 Å².